The van der Waals surface area contributed by atoms with Crippen LogP contribution < -0.4 is 5.32 Å². The Hall–Kier alpha value is -0.850. The molecule has 2 aromatic rings. The Labute approximate surface area is 96.4 Å². The minimum atomic E-state index is 0.272. The second-order valence-electron chi connectivity index (χ2n) is 3.09. The van der Waals surface area contributed by atoms with Gasteiger partial charge in [-0.25, -0.2) is 0 Å². The second-order valence-corrected chi connectivity index (χ2v) is 4.99. The molecule has 0 amide bonds. The Morgan fingerprint density at radius 3 is 3.00 bits per heavy atom. The van der Waals surface area contributed by atoms with E-state index in [0.29, 0.717) is 0 Å². The standard InChI is InChI=1S/C9H12N4S2/c1-3-11-6(2)8-12-13-9(15-8)7-4-10-5-14-7/h4-6,11H,3H2,1-2H3. The van der Waals surface area contributed by atoms with Crippen LogP contribution in [0.2, 0.25) is 0 Å². The maximum Gasteiger partial charge on any atom is 0.159 e. The van der Waals surface area contributed by atoms with Crippen molar-refractivity contribution in [2.24, 2.45) is 0 Å². The summed E-state index contributed by atoms with van der Waals surface area (Å²) in [6.07, 6.45) is 1.83. The summed E-state index contributed by atoms with van der Waals surface area (Å²) in [6.45, 7) is 5.12. The van der Waals surface area contributed by atoms with Crippen LogP contribution >= 0.6 is 22.7 Å². The molecule has 15 heavy (non-hydrogen) atoms. The van der Waals surface area contributed by atoms with E-state index in [1.807, 2.05) is 11.7 Å². The molecule has 1 unspecified atom stereocenters. The minimum absolute atomic E-state index is 0.272. The summed E-state index contributed by atoms with van der Waals surface area (Å²) in [5.74, 6) is 0. The van der Waals surface area contributed by atoms with E-state index in [2.05, 4.69) is 34.3 Å². The Balaban J connectivity index is 2.17. The van der Waals surface area contributed by atoms with Gasteiger partial charge in [0.1, 0.15) is 5.01 Å². The van der Waals surface area contributed by atoms with Gasteiger partial charge in [0, 0.05) is 6.20 Å². The van der Waals surface area contributed by atoms with Crippen molar-refractivity contribution in [3.63, 3.8) is 0 Å². The fourth-order valence-corrected chi connectivity index (χ4v) is 2.77. The lowest BCUT2D eigenvalue weighted by atomic mass is 10.3. The average molecular weight is 240 g/mol. The molecule has 0 bridgehead atoms. The SMILES string of the molecule is CCNC(C)c1nnc(-c2cncs2)s1. The van der Waals surface area contributed by atoms with Gasteiger partial charge >= 0.3 is 0 Å². The summed E-state index contributed by atoms with van der Waals surface area (Å²) in [6, 6.07) is 0.272. The predicted molar refractivity (Wildman–Crippen MR) is 63.1 cm³/mol. The molecule has 0 aliphatic rings. The van der Waals surface area contributed by atoms with Gasteiger partial charge in [0.15, 0.2) is 5.01 Å². The van der Waals surface area contributed by atoms with Crippen LogP contribution in [0.5, 0.6) is 0 Å². The number of nitrogens with one attached hydrogen (secondary N) is 1. The Morgan fingerprint density at radius 1 is 1.47 bits per heavy atom. The molecule has 6 heteroatoms. The first kappa shape index (κ1) is 10.7. The molecular formula is C9H12N4S2. The number of thiazole rings is 1. The molecule has 2 rings (SSSR count). The fourth-order valence-electron chi connectivity index (χ4n) is 1.22. The molecule has 1 atom stereocenters. The van der Waals surface area contributed by atoms with Gasteiger partial charge in [0.2, 0.25) is 0 Å². The third-order valence-corrected chi connectivity index (χ3v) is 4.01. The topological polar surface area (TPSA) is 50.7 Å². The van der Waals surface area contributed by atoms with E-state index in [0.717, 1.165) is 21.4 Å². The van der Waals surface area contributed by atoms with Gasteiger partial charge in [-0.3, -0.25) is 4.98 Å². The van der Waals surface area contributed by atoms with Gasteiger partial charge in [-0.1, -0.05) is 18.3 Å². The molecule has 0 saturated carbocycles. The fraction of sp³-hybridized carbons (Fsp3) is 0.444. The zero-order chi connectivity index (χ0) is 10.7. The van der Waals surface area contributed by atoms with Crippen LogP contribution in [0.3, 0.4) is 0 Å². The van der Waals surface area contributed by atoms with Crippen molar-refractivity contribution in [3.05, 3.63) is 16.7 Å². The van der Waals surface area contributed by atoms with Crippen LogP contribution in [0, 0.1) is 0 Å². The predicted octanol–water partition coefficient (Wildman–Crippen LogP) is 2.33. The van der Waals surface area contributed by atoms with E-state index in [9.17, 15) is 0 Å². The maximum atomic E-state index is 4.18. The molecule has 0 fully saturated rings. The number of hydrogen-bond acceptors (Lipinski definition) is 6. The molecule has 2 aromatic heterocycles. The quantitative estimate of drug-likeness (QED) is 0.891. The van der Waals surface area contributed by atoms with Crippen molar-refractivity contribution in [1.29, 1.82) is 0 Å². The summed E-state index contributed by atoms with van der Waals surface area (Å²) < 4.78 is 0. The van der Waals surface area contributed by atoms with E-state index in [1.165, 1.54) is 0 Å². The second kappa shape index (κ2) is 4.78. The molecule has 0 aliphatic carbocycles. The van der Waals surface area contributed by atoms with Crippen molar-refractivity contribution in [2.75, 3.05) is 6.54 Å². The number of aromatic nitrogens is 3. The molecule has 1 N–H and O–H groups in total. The summed E-state index contributed by atoms with van der Waals surface area (Å²) >= 11 is 3.22. The van der Waals surface area contributed by atoms with Crippen LogP contribution in [0.15, 0.2) is 11.7 Å². The Morgan fingerprint density at radius 2 is 2.33 bits per heavy atom. The first-order valence-electron chi connectivity index (χ1n) is 4.77. The van der Waals surface area contributed by atoms with Crippen LogP contribution in [-0.2, 0) is 0 Å². The van der Waals surface area contributed by atoms with Crippen LogP contribution in [0.1, 0.15) is 24.9 Å². The molecular weight excluding hydrogens is 228 g/mol. The van der Waals surface area contributed by atoms with Gasteiger partial charge in [-0.2, -0.15) is 0 Å². The van der Waals surface area contributed by atoms with Gasteiger partial charge in [0.25, 0.3) is 0 Å². The van der Waals surface area contributed by atoms with Crippen molar-refractivity contribution in [1.82, 2.24) is 20.5 Å². The zero-order valence-electron chi connectivity index (χ0n) is 8.60. The minimum Gasteiger partial charge on any atom is -0.308 e. The summed E-state index contributed by atoms with van der Waals surface area (Å²) in [4.78, 5) is 5.12. The normalized spacial score (nSPS) is 12.9. The highest BCUT2D eigenvalue weighted by Gasteiger charge is 2.12. The van der Waals surface area contributed by atoms with Gasteiger partial charge < -0.3 is 5.32 Å². The molecule has 0 aliphatic heterocycles. The number of nitrogens with zero attached hydrogens (tertiary/aromatic N) is 3. The third kappa shape index (κ3) is 2.39. The van der Waals surface area contributed by atoms with Crippen molar-refractivity contribution >= 4 is 22.7 Å². The van der Waals surface area contributed by atoms with Gasteiger partial charge in [-0.05, 0) is 13.5 Å². The van der Waals surface area contributed by atoms with Crippen molar-refractivity contribution in [2.45, 2.75) is 19.9 Å². The highest BCUT2D eigenvalue weighted by atomic mass is 32.1. The lowest BCUT2D eigenvalue weighted by Crippen LogP contribution is -2.17. The molecule has 0 saturated heterocycles. The first-order valence-corrected chi connectivity index (χ1v) is 6.46. The van der Waals surface area contributed by atoms with E-state index in [1.54, 1.807) is 22.7 Å². The number of hydrogen-bond donors (Lipinski definition) is 1. The zero-order valence-corrected chi connectivity index (χ0v) is 10.2. The van der Waals surface area contributed by atoms with E-state index in [4.69, 9.17) is 0 Å². The van der Waals surface area contributed by atoms with E-state index >= 15 is 0 Å². The van der Waals surface area contributed by atoms with E-state index < -0.39 is 0 Å². The van der Waals surface area contributed by atoms with Crippen molar-refractivity contribution < 1.29 is 0 Å². The van der Waals surface area contributed by atoms with E-state index in [-0.39, 0.29) is 6.04 Å². The van der Waals surface area contributed by atoms with Crippen LogP contribution in [-0.4, -0.2) is 21.7 Å². The summed E-state index contributed by atoms with van der Waals surface area (Å²) in [5, 5.41) is 13.6. The summed E-state index contributed by atoms with van der Waals surface area (Å²) in [5.41, 5.74) is 1.81. The molecule has 80 valence electrons. The highest BCUT2D eigenvalue weighted by molar-refractivity contribution is 7.20. The summed E-state index contributed by atoms with van der Waals surface area (Å²) in [7, 11) is 0. The molecule has 2 heterocycles. The molecule has 0 radical (unpaired) electrons. The molecule has 4 nitrogen and oxygen atoms in total. The highest BCUT2D eigenvalue weighted by Crippen LogP contribution is 2.28. The van der Waals surface area contributed by atoms with Gasteiger partial charge in [-0.15, -0.1) is 21.5 Å². The lowest BCUT2D eigenvalue weighted by Gasteiger charge is -2.06. The largest absolute Gasteiger partial charge is 0.308 e. The molecule has 0 spiro atoms. The monoisotopic (exact) mass is 240 g/mol. The van der Waals surface area contributed by atoms with Gasteiger partial charge in [0.05, 0.1) is 16.4 Å². The smallest absolute Gasteiger partial charge is 0.159 e. The lowest BCUT2D eigenvalue weighted by molar-refractivity contribution is 0.590. The Bertz CT molecular complexity index is 409. The maximum absolute atomic E-state index is 4.18. The number of rotatable bonds is 4. The van der Waals surface area contributed by atoms with Crippen molar-refractivity contribution in [3.8, 4) is 9.88 Å². The van der Waals surface area contributed by atoms with Crippen LogP contribution in [0.25, 0.3) is 9.88 Å². The average Bonchev–Trinajstić information content (AvgIpc) is 2.89. The Kier molecular flexibility index (Phi) is 3.40. The van der Waals surface area contributed by atoms with Crippen LogP contribution in [0.4, 0.5) is 0 Å². The third-order valence-electron chi connectivity index (χ3n) is 1.96. The molecule has 0 aromatic carbocycles. The first-order chi connectivity index (χ1) is 7.31.